The second kappa shape index (κ2) is 7.72. The van der Waals surface area contributed by atoms with Crippen molar-refractivity contribution in [2.45, 2.75) is 70.7 Å². The molecule has 1 fully saturated rings. The summed E-state index contributed by atoms with van der Waals surface area (Å²) in [4.78, 5) is 13.0. The van der Waals surface area contributed by atoms with Crippen LogP contribution in [0, 0.1) is 0 Å². The topological polar surface area (TPSA) is 80.5 Å². The highest BCUT2D eigenvalue weighted by Gasteiger charge is 2.31. The minimum Gasteiger partial charge on any atom is -0.465 e. The lowest BCUT2D eigenvalue weighted by atomic mass is 9.86. The monoisotopic (exact) mass is 404 g/mol. The molecule has 2 heterocycles. The number of halogens is 1. The largest absolute Gasteiger partial charge is 0.465 e. The molecule has 1 saturated carbocycles. The van der Waals surface area contributed by atoms with E-state index in [1.54, 1.807) is 0 Å². The number of amides is 1. The van der Waals surface area contributed by atoms with Gasteiger partial charge in [0.05, 0.1) is 31.0 Å². The lowest BCUT2D eigenvalue weighted by molar-refractivity contribution is -0.0151. The van der Waals surface area contributed by atoms with Gasteiger partial charge >= 0.3 is 6.09 Å². The fraction of sp³-hybridized carbons (Fsp3) is 0.550. The Balaban J connectivity index is 1.67. The van der Waals surface area contributed by atoms with Gasteiger partial charge in [-0.3, -0.25) is 9.47 Å². The average molecular weight is 405 g/mol. The van der Waals surface area contributed by atoms with Crippen LogP contribution in [0.4, 0.5) is 4.79 Å². The van der Waals surface area contributed by atoms with Gasteiger partial charge in [-0.25, -0.2) is 4.79 Å². The first kappa shape index (κ1) is 19.2. The maximum absolute atomic E-state index is 11.7. The van der Waals surface area contributed by atoms with Crippen molar-refractivity contribution < 1.29 is 14.6 Å². The van der Waals surface area contributed by atoms with Gasteiger partial charge in [-0.2, -0.15) is 0 Å². The van der Waals surface area contributed by atoms with Crippen molar-refractivity contribution in [2.24, 2.45) is 0 Å². The Kier molecular flexibility index (Phi) is 5.29. The Morgan fingerprint density at radius 1 is 1.21 bits per heavy atom. The maximum Gasteiger partial charge on any atom is 0.408 e. The molecule has 1 aromatic carbocycles. The van der Waals surface area contributed by atoms with Crippen LogP contribution in [0.1, 0.15) is 62.7 Å². The lowest BCUT2D eigenvalue weighted by Gasteiger charge is -2.29. The fourth-order valence-electron chi connectivity index (χ4n) is 4.27. The number of carboxylic acid groups (broad SMARTS) is 1. The van der Waals surface area contributed by atoms with Crippen molar-refractivity contribution in [1.82, 2.24) is 19.7 Å². The van der Waals surface area contributed by atoms with Gasteiger partial charge in [0.1, 0.15) is 5.82 Å². The van der Waals surface area contributed by atoms with Gasteiger partial charge < -0.3 is 9.84 Å². The molecule has 1 aromatic heterocycles. The van der Waals surface area contributed by atoms with Gasteiger partial charge in [0.25, 0.3) is 0 Å². The van der Waals surface area contributed by atoms with Gasteiger partial charge in [0.2, 0.25) is 0 Å². The van der Waals surface area contributed by atoms with Crippen LogP contribution in [0.15, 0.2) is 18.2 Å². The molecule has 0 unspecified atom stereocenters. The molecule has 2 aromatic rings. The predicted molar refractivity (Wildman–Crippen MR) is 105 cm³/mol. The molecule has 1 N–H and O–H groups in total. The molecule has 0 atom stereocenters. The quantitative estimate of drug-likeness (QED) is 0.821. The molecule has 1 aliphatic heterocycles. The van der Waals surface area contributed by atoms with Gasteiger partial charge in [-0.05, 0) is 63.3 Å². The smallest absolute Gasteiger partial charge is 0.408 e. The highest BCUT2D eigenvalue weighted by molar-refractivity contribution is 6.30. The number of aromatic nitrogens is 3. The highest BCUT2D eigenvalue weighted by atomic mass is 35.5. The predicted octanol–water partition coefficient (Wildman–Crippen LogP) is 4.37. The Bertz CT molecular complexity index is 874. The Morgan fingerprint density at radius 2 is 1.96 bits per heavy atom. The molecule has 150 valence electrons. The summed E-state index contributed by atoms with van der Waals surface area (Å²) in [6.45, 7) is 4.63. The van der Waals surface area contributed by atoms with Crippen LogP contribution >= 0.6 is 11.6 Å². The van der Waals surface area contributed by atoms with Crippen molar-refractivity contribution in [3.8, 4) is 5.69 Å². The lowest BCUT2D eigenvalue weighted by Crippen LogP contribution is -2.28. The van der Waals surface area contributed by atoms with Crippen LogP contribution in [0.2, 0.25) is 5.02 Å². The van der Waals surface area contributed by atoms with Crippen LogP contribution < -0.4 is 0 Å². The van der Waals surface area contributed by atoms with E-state index in [1.807, 2.05) is 22.8 Å². The molecule has 2 aliphatic rings. The van der Waals surface area contributed by atoms with E-state index in [0.717, 1.165) is 42.8 Å². The summed E-state index contributed by atoms with van der Waals surface area (Å²) in [5.41, 5.74) is 1.79. The summed E-state index contributed by atoms with van der Waals surface area (Å²) in [7, 11) is 0. The molecule has 1 amide bonds. The molecule has 7 nitrogen and oxygen atoms in total. The van der Waals surface area contributed by atoms with E-state index in [0.29, 0.717) is 17.0 Å². The zero-order chi connectivity index (χ0) is 19.8. The first-order chi connectivity index (χ1) is 13.4. The van der Waals surface area contributed by atoms with E-state index < -0.39 is 6.09 Å². The van der Waals surface area contributed by atoms with Crippen molar-refractivity contribution in [1.29, 1.82) is 0 Å². The third-order valence-electron chi connectivity index (χ3n) is 5.51. The first-order valence-corrected chi connectivity index (χ1v) is 10.2. The molecule has 8 heteroatoms. The molecule has 0 saturated heterocycles. The SMILES string of the molecule is CC(C)OC1CCC(c2nnc3n2-c2ccc(Cl)cc2CN(C(=O)O)C3)CC1. The van der Waals surface area contributed by atoms with E-state index in [1.165, 1.54) is 4.90 Å². The van der Waals surface area contributed by atoms with Crippen LogP contribution in [0.5, 0.6) is 0 Å². The number of fused-ring (bicyclic) bond motifs is 3. The van der Waals surface area contributed by atoms with Crippen molar-refractivity contribution >= 4 is 17.7 Å². The first-order valence-electron chi connectivity index (χ1n) is 9.78. The Morgan fingerprint density at radius 3 is 2.64 bits per heavy atom. The highest BCUT2D eigenvalue weighted by Crippen LogP contribution is 2.37. The number of benzene rings is 1. The molecule has 0 radical (unpaired) electrons. The van der Waals surface area contributed by atoms with E-state index in [4.69, 9.17) is 16.3 Å². The second-order valence-corrected chi connectivity index (χ2v) is 8.32. The molecular formula is C20H25ClN4O3. The summed E-state index contributed by atoms with van der Waals surface area (Å²) in [6, 6.07) is 5.60. The minimum atomic E-state index is -0.977. The van der Waals surface area contributed by atoms with E-state index in [2.05, 4.69) is 24.0 Å². The van der Waals surface area contributed by atoms with Crippen molar-refractivity contribution in [3.63, 3.8) is 0 Å². The molecule has 0 spiro atoms. The Hall–Kier alpha value is -2.12. The average Bonchev–Trinajstić information content (AvgIpc) is 2.97. The summed E-state index contributed by atoms with van der Waals surface area (Å²) in [6.07, 6.45) is 3.54. The number of carbonyl (C=O) groups is 1. The molecule has 0 bridgehead atoms. The Labute approximate surface area is 169 Å². The van der Waals surface area contributed by atoms with Crippen molar-refractivity contribution in [3.05, 3.63) is 40.4 Å². The third-order valence-corrected chi connectivity index (χ3v) is 5.74. The van der Waals surface area contributed by atoms with E-state index >= 15 is 0 Å². The fourth-order valence-corrected chi connectivity index (χ4v) is 4.46. The van der Waals surface area contributed by atoms with Crippen LogP contribution in [0.3, 0.4) is 0 Å². The summed E-state index contributed by atoms with van der Waals surface area (Å²) < 4.78 is 8.01. The number of rotatable bonds is 3. The summed E-state index contributed by atoms with van der Waals surface area (Å²) in [5.74, 6) is 1.85. The van der Waals surface area contributed by atoms with Crippen molar-refractivity contribution in [2.75, 3.05) is 0 Å². The van der Waals surface area contributed by atoms with E-state index in [-0.39, 0.29) is 25.1 Å². The minimum absolute atomic E-state index is 0.209. The van der Waals surface area contributed by atoms with Gasteiger partial charge in [0.15, 0.2) is 5.82 Å². The molecular weight excluding hydrogens is 380 g/mol. The molecule has 1 aliphatic carbocycles. The second-order valence-electron chi connectivity index (χ2n) is 7.88. The van der Waals surface area contributed by atoms with Gasteiger partial charge in [-0.1, -0.05) is 11.6 Å². The van der Waals surface area contributed by atoms with E-state index in [9.17, 15) is 9.90 Å². The zero-order valence-electron chi connectivity index (χ0n) is 16.1. The molecule has 4 rings (SSSR count). The van der Waals surface area contributed by atoms with Gasteiger partial charge in [-0.15, -0.1) is 10.2 Å². The molecule has 28 heavy (non-hydrogen) atoms. The van der Waals surface area contributed by atoms with Crippen LogP contribution in [0.25, 0.3) is 5.69 Å². The van der Waals surface area contributed by atoms with Crippen LogP contribution in [-0.2, 0) is 17.8 Å². The van der Waals surface area contributed by atoms with Crippen LogP contribution in [-0.4, -0.2) is 43.1 Å². The number of nitrogens with zero attached hydrogens (tertiary/aromatic N) is 4. The third kappa shape index (κ3) is 3.73. The number of hydrogen-bond donors (Lipinski definition) is 1. The van der Waals surface area contributed by atoms with Gasteiger partial charge in [0, 0.05) is 10.9 Å². The maximum atomic E-state index is 11.7. The normalized spacial score (nSPS) is 21.9. The summed E-state index contributed by atoms with van der Waals surface area (Å²) >= 11 is 6.18. The summed E-state index contributed by atoms with van der Waals surface area (Å²) in [5, 5.41) is 19.0. The standard InChI is InChI=1S/C20H25ClN4O3/c1-12(2)28-16-6-3-13(4-7-16)19-23-22-18-11-24(20(26)27)10-14-9-15(21)5-8-17(14)25(18)19/h5,8-9,12-13,16H,3-4,6-7,10-11H2,1-2H3,(H,26,27). The number of ether oxygens (including phenoxy) is 1. The zero-order valence-corrected chi connectivity index (χ0v) is 16.9. The number of hydrogen-bond acceptors (Lipinski definition) is 4.